The first-order chi connectivity index (χ1) is 10.1. The summed E-state index contributed by atoms with van der Waals surface area (Å²) in [6.45, 7) is 0. The zero-order valence-corrected chi connectivity index (χ0v) is 11.8. The maximum atomic E-state index is 13.4. The molecule has 2 aromatic rings. The van der Waals surface area contributed by atoms with Gasteiger partial charge in [0.05, 0.1) is 0 Å². The number of nitrogen functional groups attached to an aromatic ring is 1. The summed E-state index contributed by atoms with van der Waals surface area (Å²) in [5, 5.41) is 6.92. The van der Waals surface area contributed by atoms with Crippen molar-refractivity contribution in [3.63, 3.8) is 0 Å². The summed E-state index contributed by atoms with van der Waals surface area (Å²) in [5.41, 5.74) is 7.81. The Balaban J connectivity index is 1.85. The Bertz CT molecular complexity index is 610. The van der Waals surface area contributed by atoms with Gasteiger partial charge in [0.15, 0.2) is 5.82 Å². The highest BCUT2D eigenvalue weighted by molar-refractivity contribution is 5.76. The number of aryl methyl sites for hydroxylation is 1. The maximum absolute atomic E-state index is 13.4. The van der Waals surface area contributed by atoms with E-state index in [2.05, 4.69) is 10.2 Å². The molecule has 0 saturated heterocycles. The lowest BCUT2D eigenvalue weighted by Crippen LogP contribution is -1.98. The van der Waals surface area contributed by atoms with Gasteiger partial charge in [-0.1, -0.05) is 25.7 Å². The third-order valence-electron chi connectivity index (χ3n) is 4.30. The normalized spacial score (nSPS) is 15.7. The minimum Gasteiger partial charge on any atom is -0.382 e. The van der Waals surface area contributed by atoms with Gasteiger partial charge in [-0.3, -0.25) is 5.10 Å². The maximum Gasteiger partial charge on any atom is 0.153 e. The standard InChI is InChI=1S/C16H19F2N3/c17-12-7-11(8-13(18)9-12)15-14(20-21-16(15)19)6-5-10-3-1-2-4-10/h7-10H,1-6H2,(H3,19,20,21). The second-order valence-electron chi connectivity index (χ2n) is 5.81. The van der Waals surface area contributed by atoms with Crippen molar-refractivity contribution in [3.05, 3.63) is 35.5 Å². The van der Waals surface area contributed by atoms with E-state index in [-0.39, 0.29) is 0 Å². The van der Waals surface area contributed by atoms with Crippen LogP contribution >= 0.6 is 0 Å². The van der Waals surface area contributed by atoms with Crippen molar-refractivity contribution < 1.29 is 8.78 Å². The fourth-order valence-electron chi connectivity index (χ4n) is 3.24. The third-order valence-corrected chi connectivity index (χ3v) is 4.30. The zero-order valence-electron chi connectivity index (χ0n) is 11.8. The number of nitrogens with two attached hydrogens (primary N) is 1. The first-order valence-corrected chi connectivity index (χ1v) is 7.42. The van der Waals surface area contributed by atoms with Gasteiger partial charge in [0, 0.05) is 17.3 Å². The average Bonchev–Trinajstić information content (AvgIpc) is 3.04. The van der Waals surface area contributed by atoms with Crippen LogP contribution in [-0.4, -0.2) is 10.2 Å². The van der Waals surface area contributed by atoms with Gasteiger partial charge in [-0.2, -0.15) is 5.10 Å². The molecule has 5 heteroatoms. The molecule has 3 N–H and O–H groups in total. The van der Waals surface area contributed by atoms with Crippen LogP contribution in [0.3, 0.4) is 0 Å². The molecule has 1 aromatic heterocycles. The third kappa shape index (κ3) is 3.06. The second-order valence-corrected chi connectivity index (χ2v) is 5.81. The molecule has 112 valence electrons. The molecule has 1 heterocycles. The lowest BCUT2D eigenvalue weighted by atomic mass is 9.97. The fraction of sp³-hybridized carbons (Fsp3) is 0.438. The lowest BCUT2D eigenvalue weighted by Gasteiger charge is -2.09. The highest BCUT2D eigenvalue weighted by Gasteiger charge is 2.19. The second kappa shape index (κ2) is 5.84. The number of anilines is 1. The van der Waals surface area contributed by atoms with Gasteiger partial charge in [0.1, 0.15) is 11.6 Å². The lowest BCUT2D eigenvalue weighted by molar-refractivity contribution is 0.501. The van der Waals surface area contributed by atoms with Crippen LogP contribution in [-0.2, 0) is 6.42 Å². The number of nitrogens with zero attached hydrogens (tertiary/aromatic N) is 1. The van der Waals surface area contributed by atoms with Gasteiger partial charge in [0.2, 0.25) is 0 Å². The molecule has 0 radical (unpaired) electrons. The number of rotatable bonds is 4. The van der Waals surface area contributed by atoms with E-state index in [1.807, 2.05) is 0 Å². The first kappa shape index (κ1) is 14.0. The summed E-state index contributed by atoms with van der Waals surface area (Å²) in [5.74, 6) is -0.173. The smallest absolute Gasteiger partial charge is 0.153 e. The number of hydrogen-bond donors (Lipinski definition) is 2. The van der Waals surface area contributed by atoms with Gasteiger partial charge in [-0.15, -0.1) is 0 Å². The van der Waals surface area contributed by atoms with Gasteiger partial charge in [-0.05, 0) is 36.5 Å². The van der Waals surface area contributed by atoms with E-state index >= 15 is 0 Å². The van der Waals surface area contributed by atoms with Crippen LogP contribution in [0, 0.1) is 17.6 Å². The molecule has 0 unspecified atom stereocenters. The number of aromatic nitrogens is 2. The minimum atomic E-state index is -0.604. The Morgan fingerprint density at radius 3 is 2.48 bits per heavy atom. The minimum absolute atomic E-state index is 0.293. The molecule has 3 nitrogen and oxygen atoms in total. The predicted molar refractivity (Wildman–Crippen MR) is 78.6 cm³/mol. The summed E-state index contributed by atoms with van der Waals surface area (Å²) in [4.78, 5) is 0. The number of aromatic amines is 1. The molecule has 0 atom stereocenters. The van der Waals surface area contributed by atoms with Crippen molar-refractivity contribution >= 4 is 5.82 Å². The summed E-state index contributed by atoms with van der Waals surface area (Å²) < 4.78 is 26.8. The number of benzene rings is 1. The van der Waals surface area contributed by atoms with Gasteiger partial charge < -0.3 is 5.73 Å². The molecule has 1 saturated carbocycles. The Morgan fingerprint density at radius 1 is 1.14 bits per heavy atom. The molecular formula is C16H19F2N3. The molecule has 3 rings (SSSR count). The van der Waals surface area contributed by atoms with E-state index in [9.17, 15) is 8.78 Å². The molecular weight excluding hydrogens is 272 g/mol. The Morgan fingerprint density at radius 2 is 1.81 bits per heavy atom. The van der Waals surface area contributed by atoms with Crippen molar-refractivity contribution in [2.75, 3.05) is 5.73 Å². The number of nitrogens with one attached hydrogen (secondary N) is 1. The van der Waals surface area contributed by atoms with Crippen molar-refractivity contribution in [2.45, 2.75) is 38.5 Å². The van der Waals surface area contributed by atoms with E-state index in [1.54, 1.807) is 0 Å². The van der Waals surface area contributed by atoms with Crippen LogP contribution in [0.15, 0.2) is 18.2 Å². The van der Waals surface area contributed by atoms with Crippen LogP contribution in [0.25, 0.3) is 11.1 Å². The van der Waals surface area contributed by atoms with E-state index in [1.165, 1.54) is 37.8 Å². The summed E-state index contributed by atoms with van der Waals surface area (Å²) in [6.07, 6.45) is 7.02. The molecule has 1 aromatic carbocycles. The largest absolute Gasteiger partial charge is 0.382 e. The number of halogens is 2. The molecule has 0 amide bonds. The summed E-state index contributed by atoms with van der Waals surface area (Å²) in [7, 11) is 0. The Labute approximate surface area is 122 Å². The number of H-pyrrole nitrogens is 1. The predicted octanol–water partition coefficient (Wildman–Crippen LogP) is 4.06. The topological polar surface area (TPSA) is 54.7 Å². The summed E-state index contributed by atoms with van der Waals surface area (Å²) >= 11 is 0. The first-order valence-electron chi connectivity index (χ1n) is 7.42. The van der Waals surface area contributed by atoms with Crippen LogP contribution in [0.4, 0.5) is 14.6 Å². The molecule has 0 aliphatic heterocycles. The fourth-order valence-corrected chi connectivity index (χ4v) is 3.24. The zero-order chi connectivity index (χ0) is 14.8. The van der Waals surface area contributed by atoms with Crippen molar-refractivity contribution in [1.29, 1.82) is 0 Å². The number of hydrogen-bond acceptors (Lipinski definition) is 2. The monoisotopic (exact) mass is 291 g/mol. The van der Waals surface area contributed by atoms with Crippen LogP contribution in [0.5, 0.6) is 0 Å². The van der Waals surface area contributed by atoms with Gasteiger partial charge >= 0.3 is 0 Å². The van der Waals surface area contributed by atoms with Crippen molar-refractivity contribution in [1.82, 2.24) is 10.2 Å². The summed E-state index contributed by atoms with van der Waals surface area (Å²) in [6, 6.07) is 3.45. The van der Waals surface area contributed by atoms with E-state index in [0.717, 1.165) is 30.5 Å². The van der Waals surface area contributed by atoms with Crippen molar-refractivity contribution in [2.24, 2.45) is 5.92 Å². The molecule has 1 fully saturated rings. The van der Waals surface area contributed by atoms with Crippen LogP contribution < -0.4 is 5.73 Å². The molecule has 1 aliphatic carbocycles. The van der Waals surface area contributed by atoms with Crippen LogP contribution in [0.2, 0.25) is 0 Å². The van der Waals surface area contributed by atoms with Crippen molar-refractivity contribution in [3.8, 4) is 11.1 Å². The van der Waals surface area contributed by atoms with E-state index in [0.29, 0.717) is 16.9 Å². The highest BCUT2D eigenvalue weighted by atomic mass is 19.1. The van der Waals surface area contributed by atoms with Gasteiger partial charge in [-0.25, -0.2) is 8.78 Å². The van der Waals surface area contributed by atoms with Crippen LogP contribution in [0.1, 0.15) is 37.8 Å². The Kier molecular flexibility index (Phi) is 3.90. The molecule has 0 spiro atoms. The molecule has 0 bridgehead atoms. The molecule has 1 aliphatic rings. The van der Waals surface area contributed by atoms with E-state index in [4.69, 9.17) is 5.73 Å². The molecule has 21 heavy (non-hydrogen) atoms. The van der Waals surface area contributed by atoms with E-state index < -0.39 is 11.6 Å². The average molecular weight is 291 g/mol. The quantitative estimate of drug-likeness (QED) is 0.892. The Hall–Kier alpha value is -1.91. The highest BCUT2D eigenvalue weighted by Crippen LogP contribution is 2.33. The van der Waals surface area contributed by atoms with Gasteiger partial charge in [0.25, 0.3) is 0 Å². The SMILES string of the molecule is Nc1n[nH]c(CCC2CCCC2)c1-c1cc(F)cc(F)c1.